The molecular formula is C33H28Cl2N2O2. The van der Waals surface area contributed by atoms with Crippen LogP contribution in [0.3, 0.4) is 0 Å². The summed E-state index contributed by atoms with van der Waals surface area (Å²) in [5, 5.41) is 4.87. The van der Waals surface area contributed by atoms with Gasteiger partial charge in [-0.3, -0.25) is 4.99 Å². The first kappa shape index (κ1) is 25.5. The first-order valence-corrected chi connectivity index (χ1v) is 13.8. The van der Waals surface area contributed by atoms with Crippen LogP contribution in [0, 0.1) is 5.92 Å². The normalized spacial score (nSPS) is 19.4. The fourth-order valence-corrected chi connectivity index (χ4v) is 5.97. The van der Waals surface area contributed by atoms with Crippen LogP contribution in [0.15, 0.2) is 102 Å². The van der Waals surface area contributed by atoms with Crippen molar-refractivity contribution in [2.45, 2.75) is 25.0 Å². The lowest BCUT2D eigenvalue weighted by atomic mass is 9.77. The van der Waals surface area contributed by atoms with Crippen LogP contribution in [0.5, 0.6) is 11.5 Å². The van der Waals surface area contributed by atoms with Crippen molar-refractivity contribution in [3.8, 4) is 11.5 Å². The van der Waals surface area contributed by atoms with E-state index in [0.29, 0.717) is 33.4 Å². The lowest BCUT2D eigenvalue weighted by molar-refractivity contribution is 0.285. The number of ether oxygens (including phenoxy) is 2. The van der Waals surface area contributed by atoms with Crippen LogP contribution in [0.2, 0.25) is 10.0 Å². The molecule has 0 radical (unpaired) electrons. The lowest BCUT2D eigenvalue weighted by Crippen LogP contribution is -2.28. The maximum atomic E-state index is 6.58. The second kappa shape index (κ2) is 11.2. The summed E-state index contributed by atoms with van der Waals surface area (Å²) in [6.45, 7) is 0.286. The number of halogens is 2. The monoisotopic (exact) mass is 554 g/mol. The van der Waals surface area contributed by atoms with Crippen molar-refractivity contribution in [2.75, 3.05) is 12.4 Å². The van der Waals surface area contributed by atoms with Gasteiger partial charge in [0.15, 0.2) is 11.5 Å². The van der Waals surface area contributed by atoms with Crippen LogP contribution in [-0.4, -0.2) is 13.3 Å². The molecule has 39 heavy (non-hydrogen) atoms. The van der Waals surface area contributed by atoms with Crippen LogP contribution in [0.1, 0.15) is 40.6 Å². The van der Waals surface area contributed by atoms with Gasteiger partial charge in [-0.1, -0.05) is 83.9 Å². The van der Waals surface area contributed by atoms with Crippen LogP contribution in [-0.2, 0) is 6.61 Å². The van der Waals surface area contributed by atoms with Crippen molar-refractivity contribution in [3.05, 3.63) is 129 Å². The summed E-state index contributed by atoms with van der Waals surface area (Å²) in [7, 11) is 1.59. The third-order valence-electron chi connectivity index (χ3n) is 7.47. The highest BCUT2D eigenvalue weighted by atomic mass is 35.5. The van der Waals surface area contributed by atoms with Gasteiger partial charge in [-0.25, -0.2) is 0 Å². The number of para-hydroxylation sites is 1. The molecule has 4 nitrogen and oxygen atoms in total. The van der Waals surface area contributed by atoms with E-state index < -0.39 is 0 Å². The average Bonchev–Trinajstić information content (AvgIpc) is 3.46. The molecule has 0 saturated heterocycles. The summed E-state index contributed by atoms with van der Waals surface area (Å²) < 4.78 is 11.5. The maximum absolute atomic E-state index is 6.58. The summed E-state index contributed by atoms with van der Waals surface area (Å²) in [6, 6.07) is 28.6. The molecule has 0 bridgehead atoms. The number of nitrogens with one attached hydrogen (secondary N) is 1. The molecule has 4 aromatic carbocycles. The zero-order valence-electron chi connectivity index (χ0n) is 21.5. The highest BCUT2D eigenvalue weighted by Gasteiger charge is 2.37. The van der Waals surface area contributed by atoms with Crippen molar-refractivity contribution >= 4 is 40.8 Å². The minimum absolute atomic E-state index is 0.263. The van der Waals surface area contributed by atoms with Gasteiger partial charge in [-0.15, -0.1) is 0 Å². The molecule has 0 spiro atoms. The fourth-order valence-electron chi connectivity index (χ4n) is 5.51. The maximum Gasteiger partial charge on any atom is 0.180 e. The number of benzene rings is 4. The molecule has 0 amide bonds. The van der Waals surface area contributed by atoms with Gasteiger partial charge < -0.3 is 14.8 Å². The molecule has 1 heterocycles. The number of hydrogen-bond acceptors (Lipinski definition) is 4. The Morgan fingerprint density at radius 2 is 1.74 bits per heavy atom. The number of methoxy groups -OCH3 is 1. The molecule has 1 aliphatic heterocycles. The number of hydrogen-bond donors (Lipinski definition) is 1. The number of nitrogens with zero attached hydrogens (tertiary/aromatic N) is 1. The smallest absolute Gasteiger partial charge is 0.180 e. The van der Waals surface area contributed by atoms with Gasteiger partial charge >= 0.3 is 0 Å². The number of anilines is 1. The highest BCUT2D eigenvalue weighted by Crippen LogP contribution is 2.49. The van der Waals surface area contributed by atoms with E-state index in [2.05, 4.69) is 71.0 Å². The number of fused-ring (bicyclic) bond motifs is 3. The third kappa shape index (κ3) is 5.27. The Morgan fingerprint density at radius 3 is 2.56 bits per heavy atom. The highest BCUT2D eigenvalue weighted by molar-refractivity contribution is 6.32. The lowest BCUT2D eigenvalue weighted by Gasteiger charge is -2.37. The van der Waals surface area contributed by atoms with Gasteiger partial charge in [-0.05, 0) is 65.4 Å². The summed E-state index contributed by atoms with van der Waals surface area (Å²) in [5.74, 6) is 1.99. The van der Waals surface area contributed by atoms with Crippen molar-refractivity contribution in [2.24, 2.45) is 10.9 Å². The number of allylic oxidation sites excluding steroid dienone is 2. The zero-order valence-corrected chi connectivity index (χ0v) is 23.0. The van der Waals surface area contributed by atoms with E-state index in [1.54, 1.807) is 13.3 Å². The Balaban J connectivity index is 1.17. The zero-order chi connectivity index (χ0) is 26.8. The second-order valence-electron chi connectivity index (χ2n) is 9.83. The molecule has 6 rings (SSSR count). The first-order chi connectivity index (χ1) is 19.1. The molecular weight excluding hydrogens is 527 g/mol. The third-order valence-corrected chi connectivity index (χ3v) is 8.12. The predicted octanol–water partition coefficient (Wildman–Crippen LogP) is 9.16. The second-order valence-corrected chi connectivity index (χ2v) is 10.6. The van der Waals surface area contributed by atoms with Crippen LogP contribution in [0.25, 0.3) is 0 Å². The predicted molar refractivity (Wildman–Crippen MR) is 160 cm³/mol. The summed E-state index contributed by atoms with van der Waals surface area (Å²) in [5.41, 5.74) is 6.44. The number of rotatable bonds is 7. The van der Waals surface area contributed by atoms with Crippen molar-refractivity contribution < 1.29 is 9.47 Å². The summed E-state index contributed by atoms with van der Waals surface area (Å²) in [6.07, 6.45) is 7.55. The average molecular weight is 556 g/mol. The molecule has 0 unspecified atom stereocenters. The Labute approximate surface area is 238 Å². The standard InChI is InChI=1S/C33H28Cl2N2O2/c1-38-31-18-21(17-29(35)33(31)39-20-23-7-2-4-11-28(23)34)19-36-24-15-13-22(14-16-24)32-27-10-6-9-25(27)26-8-3-5-12-30(26)37-32/h2-9,11-19,25,27,32,37H,10,20H2,1H3/t25-,27-,32-/m0/s1. The van der Waals surface area contributed by atoms with Gasteiger partial charge in [0.25, 0.3) is 0 Å². The van der Waals surface area contributed by atoms with E-state index in [4.69, 9.17) is 32.7 Å². The van der Waals surface area contributed by atoms with Gasteiger partial charge in [-0.2, -0.15) is 0 Å². The molecule has 4 aromatic rings. The molecule has 3 atom stereocenters. The Hall–Kier alpha value is -3.73. The van der Waals surface area contributed by atoms with E-state index in [-0.39, 0.29) is 12.6 Å². The largest absolute Gasteiger partial charge is 0.493 e. The van der Waals surface area contributed by atoms with E-state index in [1.807, 2.05) is 36.4 Å². The summed E-state index contributed by atoms with van der Waals surface area (Å²) in [4.78, 5) is 4.69. The van der Waals surface area contributed by atoms with E-state index in [1.165, 1.54) is 16.8 Å². The Bertz CT molecular complexity index is 1550. The van der Waals surface area contributed by atoms with Crippen LogP contribution >= 0.6 is 23.2 Å². The van der Waals surface area contributed by atoms with E-state index >= 15 is 0 Å². The van der Waals surface area contributed by atoms with Crippen molar-refractivity contribution in [3.63, 3.8) is 0 Å². The van der Waals surface area contributed by atoms with Crippen LogP contribution < -0.4 is 14.8 Å². The van der Waals surface area contributed by atoms with E-state index in [0.717, 1.165) is 23.2 Å². The molecule has 1 aliphatic carbocycles. The van der Waals surface area contributed by atoms with Gasteiger partial charge in [0, 0.05) is 28.4 Å². The van der Waals surface area contributed by atoms with E-state index in [9.17, 15) is 0 Å². The Morgan fingerprint density at radius 1 is 0.949 bits per heavy atom. The molecule has 196 valence electrons. The SMILES string of the molecule is COc1cc(C=Nc2ccc([C@@H]3Nc4ccccc4[C@@H]4C=CC[C@@H]43)cc2)cc(Cl)c1OCc1ccccc1Cl. The first-order valence-electron chi connectivity index (χ1n) is 13.0. The number of aliphatic imine (C=N–C) groups is 1. The molecule has 2 aliphatic rings. The van der Waals surface area contributed by atoms with Gasteiger partial charge in [0.2, 0.25) is 0 Å². The molecule has 0 saturated carbocycles. The Kier molecular flexibility index (Phi) is 7.32. The minimum atomic E-state index is 0.263. The fraction of sp³-hybridized carbons (Fsp3) is 0.182. The van der Waals surface area contributed by atoms with Gasteiger partial charge in [0.05, 0.1) is 23.9 Å². The topological polar surface area (TPSA) is 42.8 Å². The van der Waals surface area contributed by atoms with Gasteiger partial charge in [0.1, 0.15) is 6.61 Å². The van der Waals surface area contributed by atoms with Crippen molar-refractivity contribution in [1.82, 2.24) is 0 Å². The molecule has 1 N–H and O–H groups in total. The quantitative estimate of drug-likeness (QED) is 0.183. The molecule has 0 fully saturated rings. The molecule has 0 aromatic heterocycles. The van der Waals surface area contributed by atoms with Crippen molar-refractivity contribution in [1.29, 1.82) is 0 Å². The minimum Gasteiger partial charge on any atom is -0.493 e. The summed E-state index contributed by atoms with van der Waals surface area (Å²) >= 11 is 12.8. The van der Waals surface area contributed by atoms with Crippen LogP contribution in [0.4, 0.5) is 11.4 Å². The molecule has 6 heteroatoms.